The average Bonchev–Trinajstić information content (AvgIpc) is 2.46. The van der Waals surface area contributed by atoms with Crippen LogP contribution in [-0.2, 0) is 11.2 Å². The van der Waals surface area contributed by atoms with Crippen molar-refractivity contribution in [1.29, 1.82) is 0 Å². The van der Waals surface area contributed by atoms with Crippen LogP contribution < -0.4 is 0 Å². The molecule has 98 valence electrons. The molecule has 1 fully saturated rings. The molecule has 0 amide bonds. The maximum Gasteiger partial charge on any atom is 0.152 e. The highest BCUT2D eigenvalue weighted by Gasteiger charge is 2.21. The standard InChI is InChI=1S/C14H19ClN2O/c15-14(12-18)17-10-8-16(9-11-17)7-6-13-4-2-1-3-5-13/h1-5,12,14H,6-11H2. The molecular formula is C14H19ClN2O. The van der Waals surface area contributed by atoms with Crippen LogP contribution in [0.5, 0.6) is 0 Å². The second-order valence-corrected chi connectivity index (χ2v) is 5.07. The van der Waals surface area contributed by atoms with Crippen LogP contribution in [0.4, 0.5) is 0 Å². The molecular weight excluding hydrogens is 248 g/mol. The van der Waals surface area contributed by atoms with Gasteiger partial charge in [0.1, 0.15) is 5.50 Å². The summed E-state index contributed by atoms with van der Waals surface area (Å²) < 4.78 is 0. The fourth-order valence-corrected chi connectivity index (χ4v) is 2.45. The molecule has 0 aliphatic carbocycles. The molecule has 0 bridgehead atoms. The summed E-state index contributed by atoms with van der Waals surface area (Å²) in [6.45, 7) is 4.81. The van der Waals surface area contributed by atoms with E-state index in [4.69, 9.17) is 11.6 Å². The fraction of sp³-hybridized carbons (Fsp3) is 0.500. The minimum Gasteiger partial charge on any atom is -0.300 e. The lowest BCUT2D eigenvalue weighted by Gasteiger charge is -2.35. The summed E-state index contributed by atoms with van der Waals surface area (Å²) in [6.07, 6.45) is 1.89. The lowest BCUT2D eigenvalue weighted by Crippen LogP contribution is -2.49. The molecule has 0 saturated carbocycles. The number of benzene rings is 1. The van der Waals surface area contributed by atoms with Crippen molar-refractivity contribution >= 4 is 17.9 Å². The van der Waals surface area contributed by atoms with Crippen LogP contribution in [0, 0.1) is 0 Å². The van der Waals surface area contributed by atoms with E-state index in [2.05, 4.69) is 29.2 Å². The van der Waals surface area contributed by atoms with E-state index in [1.54, 1.807) is 0 Å². The number of aldehydes is 1. The number of hydrogen-bond acceptors (Lipinski definition) is 3. The zero-order chi connectivity index (χ0) is 12.8. The normalized spacial score (nSPS) is 19.6. The summed E-state index contributed by atoms with van der Waals surface area (Å²) >= 11 is 5.90. The van der Waals surface area contributed by atoms with Crippen LogP contribution in [-0.4, -0.2) is 54.3 Å². The van der Waals surface area contributed by atoms with Gasteiger partial charge < -0.3 is 9.69 Å². The highest BCUT2D eigenvalue weighted by atomic mass is 35.5. The van der Waals surface area contributed by atoms with Crippen LogP contribution in [0.25, 0.3) is 0 Å². The molecule has 3 nitrogen and oxygen atoms in total. The number of hydrogen-bond donors (Lipinski definition) is 0. The van der Waals surface area contributed by atoms with Crippen molar-refractivity contribution in [3.05, 3.63) is 35.9 Å². The van der Waals surface area contributed by atoms with E-state index in [0.29, 0.717) is 0 Å². The Morgan fingerprint density at radius 3 is 2.44 bits per heavy atom. The van der Waals surface area contributed by atoms with Crippen molar-refractivity contribution in [2.24, 2.45) is 0 Å². The van der Waals surface area contributed by atoms with Gasteiger partial charge in [0.25, 0.3) is 0 Å². The maximum atomic E-state index is 10.6. The van der Waals surface area contributed by atoms with Crippen molar-refractivity contribution < 1.29 is 4.79 Å². The number of rotatable bonds is 5. The monoisotopic (exact) mass is 266 g/mol. The van der Waals surface area contributed by atoms with E-state index in [-0.39, 0.29) is 0 Å². The van der Waals surface area contributed by atoms with Crippen molar-refractivity contribution in [3.8, 4) is 0 Å². The third kappa shape index (κ3) is 3.80. The minimum absolute atomic E-state index is 0.457. The zero-order valence-corrected chi connectivity index (χ0v) is 11.2. The van der Waals surface area contributed by atoms with Gasteiger partial charge in [-0.25, -0.2) is 0 Å². The van der Waals surface area contributed by atoms with Crippen molar-refractivity contribution in [2.75, 3.05) is 32.7 Å². The Morgan fingerprint density at radius 1 is 1.17 bits per heavy atom. The van der Waals surface area contributed by atoms with Gasteiger partial charge in [0.15, 0.2) is 6.29 Å². The third-order valence-electron chi connectivity index (χ3n) is 3.43. The van der Waals surface area contributed by atoms with Crippen LogP contribution in [0.1, 0.15) is 5.56 Å². The number of halogens is 1. The Kier molecular flexibility index (Phi) is 5.17. The van der Waals surface area contributed by atoms with Gasteiger partial charge >= 0.3 is 0 Å². The topological polar surface area (TPSA) is 23.6 Å². The summed E-state index contributed by atoms with van der Waals surface area (Å²) in [6, 6.07) is 10.5. The number of nitrogens with zero attached hydrogens (tertiary/aromatic N) is 2. The van der Waals surface area contributed by atoms with E-state index in [1.807, 2.05) is 11.0 Å². The largest absolute Gasteiger partial charge is 0.300 e. The molecule has 18 heavy (non-hydrogen) atoms. The first kappa shape index (κ1) is 13.5. The van der Waals surface area contributed by atoms with Gasteiger partial charge in [-0.1, -0.05) is 41.9 Å². The smallest absolute Gasteiger partial charge is 0.152 e. The van der Waals surface area contributed by atoms with Crippen LogP contribution in [0.2, 0.25) is 0 Å². The molecule has 1 aliphatic rings. The van der Waals surface area contributed by atoms with Gasteiger partial charge in [-0.05, 0) is 12.0 Å². The lowest BCUT2D eigenvalue weighted by atomic mass is 10.1. The van der Waals surface area contributed by atoms with Gasteiger partial charge in [0, 0.05) is 32.7 Å². The van der Waals surface area contributed by atoms with Gasteiger partial charge in [0.2, 0.25) is 0 Å². The Bertz CT molecular complexity index is 363. The second-order valence-electron chi connectivity index (χ2n) is 4.62. The molecule has 4 heteroatoms. The van der Waals surface area contributed by atoms with E-state index in [0.717, 1.165) is 45.4 Å². The predicted molar refractivity (Wildman–Crippen MR) is 73.9 cm³/mol. The summed E-state index contributed by atoms with van der Waals surface area (Å²) in [5.74, 6) is 0. The molecule has 0 radical (unpaired) electrons. The molecule has 1 aromatic carbocycles. The molecule has 2 rings (SSSR count). The number of alkyl halides is 1. The van der Waals surface area contributed by atoms with Gasteiger partial charge in [0.05, 0.1) is 0 Å². The SMILES string of the molecule is O=CC(Cl)N1CCN(CCc2ccccc2)CC1. The first-order valence-corrected chi connectivity index (χ1v) is 6.83. The lowest BCUT2D eigenvalue weighted by molar-refractivity contribution is -0.110. The maximum absolute atomic E-state index is 10.6. The zero-order valence-electron chi connectivity index (χ0n) is 10.5. The second kappa shape index (κ2) is 6.88. The van der Waals surface area contributed by atoms with Crippen molar-refractivity contribution in [1.82, 2.24) is 9.80 Å². The number of carbonyl (C=O) groups excluding carboxylic acids is 1. The van der Waals surface area contributed by atoms with E-state index in [9.17, 15) is 4.79 Å². The quantitative estimate of drug-likeness (QED) is 0.460. The first-order valence-electron chi connectivity index (χ1n) is 6.39. The van der Waals surface area contributed by atoms with Crippen molar-refractivity contribution in [3.63, 3.8) is 0 Å². The molecule has 1 unspecified atom stereocenters. The molecule has 1 saturated heterocycles. The molecule has 1 atom stereocenters. The third-order valence-corrected chi connectivity index (χ3v) is 3.81. The highest BCUT2D eigenvalue weighted by Crippen LogP contribution is 2.09. The van der Waals surface area contributed by atoms with Gasteiger partial charge in [-0.2, -0.15) is 0 Å². The van der Waals surface area contributed by atoms with Gasteiger partial charge in [-0.3, -0.25) is 4.90 Å². The molecule has 0 spiro atoms. The number of piperazine rings is 1. The van der Waals surface area contributed by atoms with Crippen LogP contribution in [0.3, 0.4) is 0 Å². The van der Waals surface area contributed by atoms with Crippen molar-refractivity contribution in [2.45, 2.75) is 11.9 Å². The number of carbonyl (C=O) groups is 1. The first-order chi connectivity index (χ1) is 8.79. The van der Waals surface area contributed by atoms with Crippen LogP contribution in [0.15, 0.2) is 30.3 Å². The fourth-order valence-electron chi connectivity index (χ4n) is 2.25. The predicted octanol–water partition coefficient (Wildman–Crippen LogP) is 1.61. The summed E-state index contributed by atoms with van der Waals surface area (Å²) in [7, 11) is 0. The minimum atomic E-state index is -0.457. The molecule has 0 N–H and O–H groups in total. The van der Waals surface area contributed by atoms with Gasteiger partial charge in [-0.15, -0.1) is 0 Å². The summed E-state index contributed by atoms with van der Waals surface area (Å²) in [5.41, 5.74) is 0.921. The Balaban J connectivity index is 1.72. The summed E-state index contributed by atoms with van der Waals surface area (Å²) in [4.78, 5) is 15.1. The average molecular weight is 267 g/mol. The van der Waals surface area contributed by atoms with Crippen LogP contribution >= 0.6 is 11.6 Å². The molecule has 0 aromatic heterocycles. The van der Waals surface area contributed by atoms with E-state index in [1.165, 1.54) is 5.56 Å². The molecule has 1 aliphatic heterocycles. The van der Waals surface area contributed by atoms with E-state index < -0.39 is 5.50 Å². The summed E-state index contributed by atoms with van der Waals surface area (Å²) in [5, 5.41) is 0. The Labute approximate surface area is 113 Å². The Morgan fingerprint density at radius 2 is 1.83 bits per heavy atom. The molecule has 1 heterocycles. The Hall–Kier alpha value is -0.900. The molecule has 1 aromatic rings. The highest BCUT2D eigenvalue weighted by molar-refractivity contribution is 6.27. The van der Waals surface area contributed by atoms with E-state index >= 15 is 0 Å².